The number of fused-ring (bicyclic) bond motifs is 6. The van der Waals surface area contributed by atoms with Crippen LogP contribution in [0.5, 0.6) is 11.5 Å². The minimum atomic E-state index is -2.89. The molecule has 0 fully saturated rings. The van der Waals surface area contributed by atoms with Crippen LogP contribution in [0.4, 0.5) is 0 Å². The molecule has 6 aromatic carbocycles. The second-order valence-corrected chi connectivity index (χ2v) is 14.2. The van der Waals surface area contributed by atoms with E-state index in [1.807, 2.05) is 0 Å². The van der Waals surface area contributed by atoms with E-state index in [9.17, 15) is 0 Å². The highest BCUT2D eigenvalue weighted by Crippen LogP contribution is 2.65. The molecule has 0 saturated carbocycles. The van der Waals surface area contributed by atoms with Gasteiger partial charge in [0.1, 0.15) is 12.1 Å². The Morgan fingerprint density at radius 3 is 1.39 bits per heavy atom. The molecule has 2 aliphatic heterocycles. The summed E-state index contributed by atoms with van der Waals surface area (Å²) in [6, 6.07) is 42.0. The molecule has 6 aromatic rings. The van der Waals surface area contributed by atoms with Gasteiger partial charge in [0.05, 0.1) is 0 Å². The van der Waals surface area contributed by atoms with Gasteiger partial charge in [0.2, 0.25) is 0 Å². The van der Waals surface area contributed by atoms with Crippen molar-refractivity contribution in [1.82, 2.24) is 10.2 Å². The lowest BCUT2D eigenvalue weighted by Crippen LogP contribution is -2.45. The Balaban J connectivity index is 1.34. The summed E-state index contributed by atoms with van der Waals surface area (Å²) in [6.07, 6.45) is 0. The van der Waals surface area contributed by atoms with Crippen LogP contribution in [-0.4, -0.2) is 0 Å². The third-order valence-corrected chi connectivity index (χ3v) is 11.0. The Morgan fingerprint density at radius 2 is 0.951 bits per heavy atom. The van der Waals surface area contributed by atoms with E-state index in [4.69, 9.17) is 9.05 Å². The van der Waals surface area contributed by atoms with Gasteiger partial charge >= 0.3 is 8.02 Å². The van der Waals surface area contributed by atoms with Gasteiger partial charge in [-0.1, -0.05) is 127 Å². The van der Waals surface area contributed by atoms with E-state index in [1.165, 1.54) is 0 Å². The van der Waals surface area contributed by atoms with Gasteiger partial charge in [0.15, 0.2) is 11.5 Å². The molecule has 0 aliphatic carbocycles. The summed E-state index contributed by atoms with van der Waals surface area (Å²) in [6.45, 7) is 0. The summed E-state index contributed by atoms with van der Waals surface area (Å²) in [7, 11) is -2.89. The maximum absolute atomic E-state index is 6.94. The number of halogens is 2. The maximum atomic E-state index is 6.94. The molecule has 0 aromatic heterocycles. The highest BCUT2D eigenvalue weighted by atomic mass is 79.9. The third kappa shape index (κ3) is 4.37. The molecule has 4 nitrogen and oxygen atoms in total. The first-order valence-electron chi connectivity index (χ1n) is 13.4. The molecule has 0 bridgehead atoms. The van der Waals surface area contributed by atoms with Crippen molar-refractivity contribution in [3.63, 3.8) is 0 Å². The fraction of sp³-hybridized carbons (Fsp3) is 0.0588. The largest absolute Gasteiger partial charge is 0.520 e. The Bertz CT molecular complexity index is 1810. The zero-order valence-electron chi connectivity index (χ0n) is 21.7. The van der Waals surface area contributed by atoms with Crippen LogP contribution >= 0.6 is 39.9 Å². The van der Waals surface area contributed by atoms with Crippen molar-refractivity contribution in [1.29, 1.82) is 0 Å². The molecule has 7 heteroatoms. The van der Waals surface area contributed by atoms with Crippen LogP contribution in [0.2, 0.25) is 0 Å². The predicted octanol–water partition coefficient (Wildman–Crippen LogP) is 10.0. The monoisotopic (exact) mass is 681 g/mol. The lowest BCUT2D eigenvalue weighted by atomic mass is 9.93. The fourth-order valence-electron chi connectivity index (χ4n) is 6.04. The van der Waals surface area contributed by atoms with Crippen molar-refractivity contribution in [2.24, 2.45) is 0 Å². The Hall–Kier alpha value is -3.25. The number of hydrogen-bond acceptors (Lipinski definition) is 4. The van der Waals surface area contributed by atoms with Crippen LogP contribution in [-0.2, 0) is 0 Å². The molecule has 1 spiro atoms. The summed E-state index contributed by atoms with van der Waals surface area (Å²) < 4.78 is 16.0. The number of hydrogen-bond donors (Lipinski definition) is 2. The highest BCUT2D eigenvalue weighted by molar-refractivity contribution is 9.10. The first-order valence-corrected chi connectivity index (χ1v) is 16.7. The summed E-state index contributed by atoms with van der Waals surface area (Å²) in [5.74, 6) is 1.65. The number of nitrogens with one attached hydrogen (secondary N) is 2. The molecular formula is C34H24Br2N2O2P+. The first kappa shape index (κ1) is 25.5. The standard InChI is InChI=1S/C34H24Br2N2O2P/c35-25-13-15-27-23(19-25)11-17-29-31(27)33(21-7-3-1-4-8-21)37-41(39-29)38-34(22-9-5-2-6-10-22)32-28-16-14-26(36)20-24(28)12-18-30(32)40-41/h1-20,33-34,37-38H/q+1/t33-,34-,41?/m1/s1. The number of rotatable bonds is 2. The van der Waals surface area contributed by atoms with Crippen molar-refractivity contribution >= 4 is 61.4 Å². The van der Waals surface area contributed by atoms with E-state index >= 15 is 0 Å². The van der Waals surface area contributed by atoms with Gasteiger partial charge < -0.3 is 0 Å². The lowest BCUT2D eigenvalue weighted by molar-refractivity contribution is 0.373. The SMILES string of the molecule is Brc1ccc2c3c(ccc2c1)O[P+]1(N[C@@H]3c2ccccc2)N[C@H](c2ccccc2)c2c(ccc3cc(Br)ccc23)O1. The van der Waals surface area contributed by atoms with Crippen LogP contribution in [0.1, 0.15) is 34.3 Å². The smallest absolute Gasteiger partial charge is 0.272 e. The van der Waals surface area contributed by atoms with E-state index in [1.54, 1.807) is 0 Å². The van der Waals surface area contributed by atoms with Gasteiger partial charge in [-0.3, -0.25) is 9.05 Å². The first-order chi connectivity index (χ1) is 20.1. The van der Waals surface area contributed by atoms with E-state index in [-0.39, 0.29) is 12.1 Å². The van der Waals surface area contributed by atoms with Gasteiger partial charge in [-0.15, -0.1) is 0 Å². The van der Waals surface area contributed by atoms with Crippen molar-refractivity contribution in [3.05, 3.63) is 153 Å². The molecule has 0 unspecified atom stereocenters. The number of benzene rings is 6. The fourth-order valence-corrected chi connectivity index (χ4v) is 9.23. The van der Waals surface area contributed by atoms with E-state index < -0.39 is 8.02 Å². The van der Waals surface area contributed by atoms with Crippen LogP contribution in [0.3, 0.4) is 0 Å². The van der Waals surface area contributed by atoms with Gasteiger partial charge in [0.25, 0.3) is 0 Å². The molecule has 0 radical (unpaired) electrons. The van der Waals surface area contributed by atoms with Crippen LogP contribution in [0.15, 0.2) is 130 Å². The van der Waals surface area contributed by atoms with Crippen molar-refractivity contribution in [2.75, 3.05) is 0 Å². The Kier molecular flexibility index (Phi) is 6.17. The third-order valence-electron chi connectivity index (χ3n) is 7.86. The molecule has 200 valence electrons. The zero-order chi connectivity index (χ0) is 27.6. The summed E-state index contributed by atoms with van der Waals surface area (Å²) in [5.41, 5.74) is 4.54. The van der Waals surface area contributed by atoms with Crippen LogP contribution in [0, 0.1) is 0 Å². The van der Waals surface area contributed by atoms with E-state index in [0.29, 0.717) is 0 Å². The molecule has 2 aliphatic rings. The second-order valence-electron chi connectivity index (χ2n) is 10.4. The van der Waals surface area contributed by atoms with Crippen molar-refractivity contribution < 1.29 is 9.05 Å². The summed E-state index contributed by atoms with van der Waals surface area (Å²) >= 11 is 7.27. The zero-order valence-corrected chi connectivity index (χ0v) is 25.8. The predicted molar refractivity (Wildman–Crippen MR) is 174 cm³/mol. The average Bonchev–Trinajstić information content (AvgIpc) is 3.00. The Labute approximate surface area is 255 Å². The molecule has 0 amide bonds. The molecule has 41 heavy (non-hydrogen) atoms. The minimum Gasteiger partial charge on any atom is -0.272 e. The second kappa shape index (κ2) is 9.94. The van der Waals surface area contributed by atoms with E-state index in [0.717, 1.165) is 64.2 Å². The highest BCUT2D eigenvalue weighted by Gasteiger charge is 2.58. The average molecular weight is 683 g/mol. The van der Waals surface area contributed by atoms with Crippen molar-refractivity contribution in [2.45, 2.75) is 12.1 Å². The van der Waals surface area contributed by atoms with E-state index in [2.05, 4.69) is 163 Å². The molecule has 2 N–H and O–H groups in total. The Morgan fingerprint density at radius 1 is 0.512 bits per heavy atom. The summed E-state index contributed by atoms with van der Waals surface area (Å²) in [4.78, 5) is 0. The van der Waals surface area contributed by atoms with Gasteiger partial charge in [-0.25, -0.2) is 0 Å². The molecule has 2 atom stereocenters. The topological polar surface area (TPSA) is 42.5 Å². The maximum Gasteiger partial charge on any atom is 0.520 e. The molecule has 0 saturated heterocycles. The van der Waals surface area contributed by atoms with Gasteiger partial charge in [-0.2, -0.15) is 0 Å². The van der Waals surface area contributed by atoms with Gasteiger partial charge in [0, 0.05) is 20.1 Å². The van der Waals surface area contributed by atoms with Gasteiger partial charge in [-0.05, 0) is 69.1 Å². The van der Waals surface area contributed by atoms with Crippen LogP contribution < -0.4 is 19.2 Å². The minimum absolute atomic E-state index is 0.139. The van der Waals surface area contributed by atoms with Crippen LogP contribution in [0.25, 0.3) is 21.5 Å². The normalized spacial score (nSPS) is 18.9. The molecular weight excluding hydrogens is 659 g/mol. The molecule has 2 heterocycles. The lowest BCUT2D eigenvalue weighted by Gasteiger charge is -2.39. The summed E-state index contributed by atoms with van der Waals surface area (Å²) in [5, 5.41) is 12.4. The van der Waals surface area contributed by atoms with Crippen molar-refractivity contribution in [3.8, 4) is 11.5 Å². The quantitative estimate of drug-likeness (QED) is 0.178. The molecule has 8 rings (SSSR count).